The van der Waals surface area contributed by atoms with Gasteiger partial charge in [-0.05, 0) is 30.7 Å². The summed E-state index contributed by atoms with van der Waals surface area (Å²) in [6.45, 7) is 3.30. The number of hydrogen-bond donors (Lipinski definition) is 1. The van der Waals surface area contributed by atoms with Crippen molar-refractivity contribution in [3.8, 4) is 0 Å². The number of quaternary nitrogens is 1. The molecule has 0 saturated heterocycles. The number of benzene rings is 2. The van der Waals surface area contributed by atoms with E-state index in [9.17, 15) is 9.59 Å². The molecule has 0 aliphatic carbocycles. The molecule has 6 heteroatoms. The van der Waals surface area contributed by atoms with E-state index in [-0.39, 0.29) is 17.1 Å². The Balaban J connectivity index is 1.94. The first-order valence-electron chi connectivity index (χ1n) is 9.29. The molecule has 1 amide bonds. The second-order valence-electron chi connectivity index (χ2n) is 7.58. The van der Waals surface area contributed by atoms with Crippen LogP contribution in [0.2, 0.25) is 5.02 Å². The van der Waals surface area contributed by atoms with Crippen molar-refractivity contribution in [3.63, 3.8) is 0 Å². The average molecular weight is 398 g/mol. The Bertz CT molecular complexity index is 1120. The van der Waals surface area contributed by atoms with Crippen LogP contribution in [0.1, 0.15) is 33.3 Å². The number of likely N-dealkylation sites (N-methyl/N-ethyl adjacent to an activating group) is 1. The Labute approximate surface area is 168 Å². The molecule has 2 aromatic carbocycles. The van der Waals surface area contributed by atoms with E-state index in [1.807, 2.05) is 45.3 Å². The maximum absolute atomic E-state index is 13.3. The lowest BCUT2D eigenvalue weighted by molar-refractivity contribution is -0.857. The zero-order chi connectivity index (χ0) is 20.0. The number of amides is 1. The third-order valence-corrected chi connectivity index (χ3v) is 5.41. The van der Waals surface area contributed by atoms with Crippen LogP contribution < -0.4 is 10.3 Å². The van der Waals surface area contributed by atoms with Gasteiger partial charge < -0.3 is 14.2 Å². The second kappa shape index (κ2) is 7.08. The number of hydrogen-bond acceptors (Lipinski definition) is 3. The van der Waals surface area contributed by atoms with Gasteiger partial charge in [-0.15, -0.1) is 0 Å². The Morgan fingerprint density at radius 2 is 1.82 bits per heavy atom. The van der Waals surface area contributed by atoms with Gasteiger partial charge >= 0.3 is 0 Å². The van der Waals surface area contributed by atoms with E-state index < -0.39 is 6.04 Å². The molecule has 1 N–H and O–H groups in total. The minimum atomic E-state index is -0.456. The third-order valence-electron chi connectivity index (χ3n) is 5.17. The highest BCUT2D eigenvalue weighted by Gasteiger charge is 2.42. The van der Waals surface area contributed by atoms with Crippen molar-refractivity contribution in [1.82, 2.24) is 4.90 Å². The van der Waals surface area contributed by atoms with E-state index in [0.29, 0.717) is 28.1 Å². The van der Waals surface area contributed by atoms with Crippen molar-refractivity contribution in [3.05, 3.63) is 80.2 Å². The standard InChI is InChI=1S/C22H21ClN2O3/c1-13-4-6-14(7-5-13)19-18-20(26)16-12-15(23)8-9-17(16)28-21(18)22(27)25(19)11-10-24(2)3/h4-9,12,19H,10-11H2,1-3H3/p+1/t19-/m0/s1. The first kappa shape index (κ1) is 18.7. The van der Waals surface area contributed by atoms with E-state index in [1.54, 1.807) is 23.1 Å². The van der Waals surface area contributed by atoms with Crippen molar-refractivity contribution in [2.75, 3.05) is 27.2 Å². The van der Waals surface area contributed by atoms with Gasteiger partial charge in [-0.2, -0.15) is 0 Å². The van der Waals surface area contributed by atoms with E-state index >= 15 is 0 Å². The molecule has 2 heterocycles. The number of nitrogens with zero attached hydrogens (tertiary/aromatic N) is 1. The molecule has 28 heavy (non-hydrogen) atoms. The van der Waals surface area contributed by atoms with Gasteiger partial charge in [0.05, 0.1) is 44.2 Å². The topological polar surface area (TPSA) is 55.0 Å². The summed E-state index contributed by atoms with van der Waals surface area (Å²) in [5.74, 6) is -0.102. The summed E-state index contributed by atoms with van der Waals surface area (Å²) in [6.07, 6.45) is 0. The summed E-state index contributed by atoms with van der Waals surface area (Å²) in [5, 5.41) is 0.861. The quantitative estimate of drug-likeness (QED) is 0.735. The predicted octanol–water partition coefficient (Wildman–Crippen LogP) is 2.44. The number of fused-ring (bicyclic) bond motifs is 2. The zero-order valence-corrected chi connectivity index (χ0v) is 16.8. The van der Waals surface area contributed by atoms with Gasteiger partial charge in [-0.25, -0.2) is 0 Å². The van der Waals surface area contributed by atoms with E-state index in [0.717, 1.165) is 17.7 Å². The van der Waals surface area contributed by atoms with Gasteiger partial charge in [0.2, 0.25) is 5.76 Å². The lowest BCUT2D eigenvalue weighted by atomic mass is 9.98. The molecule has 5 nitrogen and oxygen atoms in total. The Kier molecular flexibility index (Phi) is 4.73. The molecular weight excluding hydrogens is 376 g/mol. The minimum Gasteiger partial charge on any atom is -0.450 e. The van der Waals surface area contributed by atoms with Crippen LogP contribution in [0.15, 0.2) is 51.7 Å². The highest BCUT2D eigenvalue weighted by molar-refractivity contribution is 6.31. The normalized spacial score (nSPS) is 16.2. The fraction of sp³-hybridized carbons (Fsp3) is 0.273. The molecule has 0 spiro atoms. The highest BCUT2D eigenvalue weighted by Crippen LogP contribution is 2.38. The molecule has 1 aliphatic heterocycles. The number of aryl methyl sites for hydroxylation is 1. The minimum absolute atomic E-state index is 0.138. The van der Waals surface area contributed by atoms with Gasteiger partial charge in [0.1, 0.15) is 5.58 Å². The number of halogens is 1. The van der Waals surface area contributed by atoms with Crippen LogP contribution in [-0.4, -0.2) is 38.0 Å². The zero-order valence-electron chi connectivity index (χ0n) is 16.1. The van der Waals surface area contributed by atoms with Crippen LogP contribution in [0.25, 0.3) is 11.0 Å². The van der Waals surface area contributed by atoms with Gasteiger partial charge in [0, 0.05) is 5.02 Å². The van der Waals surface area contributed by atoms with Crippen molar-refractivity contribution in [2.45, 2.75) is 13.0 Å². The first-order valence-corrected chi connectivity index (χ1v) is 9.67. The second-order valence-corrected chi connectivity index (χ2v) is 8.02. The van der Waals surface area contributed by atoms with E-state index in [4.69, 9.17) is 16.0 Å². The highest BCUT2D eigenvalue weighted by atomic mass is 35.5. The SMILES string of the molecule is Cc1ccc([C@H]2c3c(oc4ccc(Cl)cc4c3=O)C(=O)N2CC[NH+](C)C)cc1. The average Bonchev–Trinajstić information content (AvgIpc) is 2.94. The summed E-state index contributed by atoms with van der Waals surface area (Å²) < 4.78 is 5.91. The van der Waals surface area contributed by atoms with E-state index in [2.05, 4.69) is 0 Å². The van der Waals surface area contributed by atoms with Gasteiger partial charge in [-0.1, -0.05) is 41.4 Å². The molecule has 0 saturated carbocycles. The van der Waals surface area contributed by atoms with Gasteiger partial charge in [0.25, 0.3) is 5.91 Å². The molecule has 0 unspecified atom stereocenters. The van der Waals surface area contributed by atoms with Crippen LogP contribution in [0.5, 0.6) is 0 Å². The molecule has 1 atom stereocenters. The Morgan fingerprint density at radius 1 is 1.11 bits per heavy atom. The largest absolute Gasteiger partial charge is 0.450 e. The number of nitrogens with one attached hydrogen (secondary N) is 1. The summed E-state index contributed by atoms with van der Waals surface area (Å²) in [6, 6.07) is 12.4. The molecule has 0 radical (unpaired) electrons. The van der Waals surface area contributed by atoms with Gasteiger partial charge in [-0.3, -0.25) is 9.59 Å². The van der Waals surface area contributed by atoms with Crippen LogP contribution in [0, 0.1) is 6.92 Å². The molecule has 0 fully saturated rings. The van der Waals surface area contributed by atoms with Crippen molar-refractivity contribution < 1.29 is 14.1 Å². The molecule has 0 bridgehead atoms. The van der Waals surface area contributed by atoms with Crippen LogP contribution in [0.4, 0.5) is 0 Å². The monoisotopic (exact) mass is 397 g/mol. The summed E-state index contributed by atoms with van der Waals surface area (Å²) >= 11 is 6.09. The van der Waals surface area contributed by atoms with Gasteiger partial charge in [0.15, 0.2) is 5.43 Å². The van der Waals surface area contributed by atoms with Crippen LogP contribution >= 0.6 is 11.6 Å². The molecular formula is C22H22ClN2O3+. The predicted molar refractivity (Wildman–Crippen MR) is 109 cm³/mol. The number of rotatable bonds is 4. The molecule has 1 aromatic heterocycles. The van der Waals surface area contributed by atoms with Crippen molar-refractivity contribution in [2.24, 2.45) is 0 Å². The first-order chi connectivity index (χ1) is 13.4. The number of carbonyl (C=O) groups excluding carboxylic acids is 1. The van der Waals surface area contributed by atoms with Crippen LogP contribution in [-0.2, 0) is 0 Å². The molecule has 3 aromatic rings. The maximum Gasteiger partial charge on any atom is 0.291 e. The maximum atomic E-state index is 13.3. The lowest BCUT2D eigenvalue weighted by Gasteiger charge is -2.25. The lowest BCUT2D eigenvalue weighted by Crippen LogP contribution is -3.06. The fourth-order valence-corrected chi connectivity index (χ4v) is 3.83. The summed E-state index contributed by atoms with van der Waals surface area (Å²) in [5.41, 5.74) is 2.61. The van der Waals surface area contributed by atoms with E-state index in [1.165, 1.54) is 4.90 Å². The Morgan fingerprint density at radius 3 is 2.50 bits per heavy atom. The van der Waals surface area contributed by atoms with Crippen molar-refractivity contribution in [1.29, 1.82) is 0 Å². The molecule has 1 aliphatic rings. The number of carbonyl (C=O) groups is 1. The fourth-order valence-electron chi connectivity index (χ4n) is 3.66. The molecule has 144 valence electrons. The smallest absolute Gasteiger partial charge is 0.291 e. The third kappa shape index (κ3) is 3.11. The van der Waals surface area contributed by atoms with Crippen LogP contribution in [0.3, 0.4) is 0 Å². The summed E-state index contributed by atoms with van der Waals surface area (Å²) in [7, 11) is 4.07. The molecule has 4 rings (SSSR count). The Hall–Kier alpha value is -2.63. The summed E-state index contributed by atoms with van der Waals surface area (Å²) in [4.78, 5) is 29.5. The van der Waals surface area contributed by atoms with Crippen molar-refractivity contribution >= 4 is 28.5 Å².